The van der Waals surface area contributed by atoms with Crippen molar-refractivity contribution in [1.29, 1.82) is 0 Å². The molecule has 0 N–H and O–H groups in total. The van der Waals surface area contributed by atoms with Crippen molar-refractivity contribution in [3.05, 3.63) is 35.2 Å². The predicted molar refractivity (Wildman–Crippen MR) is 91.0 cm³/mol. The highest BCUT2D eigenvalue weighted by atomic mass is 32.1. The van der Waals surface area contributed by atoms with E-state index in [1.165, 1.54) is 18.4 Å². The fourth-order valence-corrected chi connectivity index (χ4v) is 4.13. The maximum absolute atomic E-state index is 12.7. The van der Waals surface area contributed by atoms with Gasteiger partial charge in [0, 0.05) is 16.2 Å². The van der Waals surface area contributed by atoms with Crippen LogP contribution in [0.3, 0.4) is 0 Å². The molecule has 1 aromatic carbocycles. The molecule has 0 amide bonds. The van der Waals surface area contributed by atoms with Crippen LogP contribution in [-0.4, -0.2) is 26.0 Å². The Morgan fingerprint density at radius 3 is 2.57 bits per heavy atom. The molecule has 0 saturated heterocycles. The molecule has 5 heteroatoms. The maximum atomic E-state index is 12.7. The lowest BCUT2D eigenvalue weighted by Crippen LogP contribution is -2.09. The molecule has 0 spiro atoms. The van der Waals surface area contributed by atoms with Gasteiger partial charge in [-0.2, -0.15) is 0 Å². The molecule has 1 saturated carbocycles. The molecule has 1 fully saturated rings. The minimum Gasteiger partial charge on any atom is -0.496 e. The largest absolute Gasteiger partial charge is 0.496 e. The third-order valence-electron chi connectivity index (χ3n) is 4.49. The second kappa shape index (κ2) is 5.81. The first kappa shape index (κ1) is 15.7. The molecule has 4 nitrogen and oxygen atoms in total. The molecular formula is C18H18O4S. The van der Waals surface area contributed by atoms with Crippen LogP contribution in [0.15, 0.2) is 24.8 Å². The number of hydrogen-bond acceptors (Lipinski definition) is 5. The van der Waals surface area contributed by atoms with Crippen LogP contribution < -0.4 is 4.74 Å². The Bertz CT molecular complexity index is 805. The van der Waals surface area contributed by atoms with Gasteiger partial charge in [0.25, 0.3) is 0 Å². The van der Waals surface area contributed by atoms with E-state index in [0.717, 1.165) is 21.4 Å². The summed E-state index contributed by atoms with van der Waals surface area (Å²) in [5, 5.41) is 0.983. The molecule has 1 aliphatic carbocycles. The zero-order chi connectivity index (χ0) is 16.7. The summed E-state index contributed by atoms with van der Waals surface area (Å²) in [7, 11) is 2.97. The summed E-state index contributed by atoms with van der Waals surface area (Å²) in [5.74, 6) is -0.0768. The lowest BCUT2D eigenvalue weighted by Gasteiger charge is -2.04. The second-order valence-corrected chi connectivity index (χ2v) is 6.83. The van der Waals surface area contributed by atoms with E-state index >= 15 is 0 Å². The summed E-state index contributed by atoms with van der Waals surface area (Å²) < 4.78 is 11.1. The van der Waals surface area contributed by atoms with Crippen LogP contribution in [0.25, 0.3) is 16.2 Å². The molecule has 1 heterocycles. The van der Waals surface area contributed by atoms with E-state index in [9.17, 15) is 9.59 Å². The first-order chi connectivity index (χ1) is 11.0. The number of ether oxygens (including phenoxy) is 2. The highest BCUT2D eigenvalue weighted by Crippen LogP contribution is 2.49. The number of methoxy groups -OCH3 is 2. The number of benzene rings is 1. The molecule has 2 unspecified atom stereocenters. The SMILES string of the molecule is C=Cc1cc2cc(C(=O)C3C(C(=O)OC)[C@H]3C)sc2cc1OC. The minimum atomic E-state index is -0.309. The smallest absolute Gasteiger partial charge is 0.309 e. The van der Waals surface area contributed by atoms with Gasteiger partial charge in [0.05, 0.1) is 25.0 Å². The van der Waals surface area contributed by atoms with Crippen molar-refractivity contribution in [2.24, 2.45) is 17.8 Å². The highest BCUT2D eigenvalue weighted by Gasteiger charge is 2.57. The summed E-state index contributed by atoms with van der Waals surface area (Å²) in [6.07, 6.45) is 1.73. The van der Waals surface area contributed by atoms with Gasteiger partial charge < -0.3 is 9.47 Å². The molecule has 0 radical (unpaired) electrons. The first-order valence-electron chi connectivity index (χ1n) is 7.37. The normalized spacial score (nSPS) is 22.7. The monoisotopic (exact) mass is 330 g/mol. The number of Topliss-reactive ketones (excluding diaryl/α,β-unsaturated/α-hetero) is 1. The average Bonchev–Trinajstić information content (AvgIpc) is 3.05. The van der Waals surface area contributed by atoms with E-state index in [1.54, 1.807) is 13.2 Å². The van der Waals surface area contributed by atoms with Crippen LogP contribution in [-0.2, 0) is 9.53 Å². The van der Waals surface area contributed by atoms with Crippen molar-refractivity contribution in [3.63, 3.8) is 0 Å². The van der Waals surface area contributed by atoms with E-state index in [2.05, 4.69) is 6.58 Å². The summed E-state index contributed by atoms with van der Waals surface area (Å²) in [5.41, 5.74) is 0.893. The number of carbonyl (C=O) groups excluding carboxylic acids is 2. The van der Waals surface area contributed by atoms with E-state index in [-0.39, 0.29) is 29.5 Å². The molecule has 1 aromatic heterocycles. The summed E-state index contributed by atoms with van der Waals surface area (Å²) in [4.78, 5) is 25.0. The Morgan fingerprint density at radius 1 is 1.22 bits per heavy atom. The summed E-state index contributed by atoms with van der Waals surface area (Å²) >= 11 is 1.43. The minimum absolute atomic E-state index is 0.0215. The number of fused-ring (bicyclic) bond motifs is 1. The molecule has 0 aliphatic heterocycles. The average molecular weight is 330 g/mol. The van der Waals surface area contributed by atoms with Gasteiger partial charge in [0.1, 0.15) is 5.75 Å². The standard InChI is InChI=1S/C18H18O4S/c1-5-10-6-11-7-14(23-13(11)8-12(10)21-3)17(19)15-9(2)16(15)18(20)22-4/h5-9,15-16H,1H2,2-4H3/t9-,15?,16?/m0/s1. The van der Waals surface area contributed by atoms with Gasteiger partial charge in [-0.15, -0.1) is 11.3 Å². The summed E-state index contributed by atoms with van der Waals surface area (Å²) in [6, 6.07) is 5.76. The fraction of sp³-hybridized carbons (Fsp3) is 0.333. The number of rotatable bonds is 5. The Balaban J connectivity index is 1.93. The molecule has 0 bridgehead atoms. The molecule has 2 aromatic rings. The van der Waals surface area contributed by atoms with Crippen molar-refractivity contribution in [3.8, 4) is 5.75 Å². The van der Waals surface area contributed by atoms with Crippen LogP contribution in [0.2, 0.25) is 0 Å². The van der Waals surface area contributed by atoms with Gasteiger partial charge in [0.2, 0.25) is 0 Å². The van der Waals surface area contributed by atoms with Gasteiger partial charge in [0.15, 0.2) is 5.78 Å². The van der Waals surface area contributed by atoms with E-state index in [0.29, 0.717) is 4.88 Å². The number of thiophene rings is 1. The van der Waals surface area contributed by atoms with E-state index in [1.807, 2.05) is 25.1 Å². The Morgan fingerprint density at radius 2 is 1.96 bits per heavy atom. The number of carbonyl (C=O) groups is 2. The van der Waals surface area contributed by atoms with Crippen molar-refractivity contribution in [2.75, 3.05) is 14.2 Å². The number of hydrogen-bond donors (Lipinski definition) is 0. The molecule has 3 atom stereocenters. The van der Waals surface area contributed by atoms with Gasteiger partial charge in [-0.25, -0.2) is 0 Å². The molecule has 120 valence electrons. The molecule has 1 aliphatic rings. The fourth-order valence-electron chi connectivity index (χ4n) is 3.07. The zero-order valence-electron chi connectivity index (χ0n) is 13.3. The van der Waals surface area contributed by atoms with Crippen LogP contribution >= 0.6 is 11.3 Å². The van der Waals surface area contributed by atoms with Crippen molar-refractivity contribution >= 4 is 39.3 Å². The van der Waals surface area contributed by atoms with Crippen molar-refractivity contribution in [1.82, 2.24) is 0 Å². The number of esters is 1. The lowest BCUT2D eigenvalue weighted by atomic mass is 10.1. The van der Waals surface area contributed by atoms with Crippen molar-refractivity contribution < 1.29 is 19.1 Å². The number of ketones is 1. The third kappa shape index (κ3) is 2.55. The van der Waals surface area contributed by atoms with Crippen LogP contribution in [0.4, 0.5) is 0 Å². The lowest BCUT2D eigenvalue weighted by molar-refractivity contribution is -0.142. The van der Waals surface area contributed by atoms with Crippen LogP contribution in [0, 0.1) is 17.8 Å². The maximum Gasteiger partial charge on any atom is 0.309 e. The summed E-state index contributed by atoms with van der Waals surface area (Å²) in [6.45, 7) is 5.69. The van der Waals surface area contributed by atoms with Crippen LogP contribution in [0.5, 0.6) is 5.75 Å². The highest BCUT2D eigenvalue weighted by molar-refractivity contribution is 7.20. The van der Waals surface area contributed by atoms with Crippen molar-refractivity contribution in [2.45, 2.75) is 6.92 Å². The van der Waals surface area contributed by atoms with E-state index in [4.69, 9.17) is 9.47 Å². The second-order valence-electron chi connectivity index (χ2n) is 5.74. The van der Waals surface area contributed by atoms with Gasteiger partial charge in [-0.05, 0) is 29.5 Å². The molecule has 3 rings (SSSR count). The quantitative estimate of drug-likeness (QED) is 0.618. The molecular weight excluding hydrogens is 312 g/mol. The van der Waals surface area contributed by atoms with E-state index < -0.39 is 0 Å². The van der Waals surface area contributed by atoms with Gasteiger partial charge >= 0.3 is 5.97 Å². The predicted octanol–water partition coefficient (Wildman–Crippen LogP) is 3.79. The van der Waals surface area contributed by atoms with Gasteiger partial charge in [-0.3, -0.25) is 9.59 Å². The first-order valence-corrected chi connectivity index (χ1v) is 8.19. The Kier molecular flexibility index (Phi) is 3.98. The third-order valence-corrected chi connectivity index (χ3v) is 5.60. The zero-order valence-corrected chi connectivity index (χ0v) is 14.1. The van der Waals surface area contributed by atoms with Gasteiger partial charge in [-0.1, -0.05) is 19.6 Å². The molecule has 23 heavy (non-hydrogen) atoms. The van der Waals surface area contributed by atoms with Crippen LogP contribution in [0.1, 0.15) is 22.2 Å². The topological polar surface area (TPSA) is 52.6 Å². The Labute approximate surface area is 138 Å². The Hall–Kier alpha value is -2.14.